The van der Waals surface area contributed by atoms with Gasteiger partial charge in [0.05, 0.1) is 19.0 Å². The molecule has 0 aliphatic carbocycles. The van der Waals surface area contributed by atoms with Crippen molar-refractivity contribution in [3.05, 3.63) is 16.7 Å². The molecule has 0 bridgehead atoms. The van der Waals surface area contributed by atoms with Crippen LogP contribution in [0, 0.1) is 0 Å². The van der Waals surface area contributed by atoms with Gasteiger partial charge in [-0.1, -0.05) is 0 Å². The van der Waals surface area contributed by atoms with Gasteiger partial charge in [-0.2, -0.15) is 4.98 Å². The second kappa shape index (κ2) is 4.30. The normalized spacial score (nSPS) is 28.4. The molecule has 0 aromatic carbocycles. The first kappa shape index (κ1) is 9.89. The number of nitrogens with zero attached hydrogens (tertiary/aromatic N) is 3. The van der Waals surface area contributed by atoms with Gasteiger partial charge in [0, 0.05) is 6.42 Å². The number of aliphatic hydroxyl groups excluding tert-OH is 2. The zero-order valence-electron chi connectivity index (χ0n) is 11.7. The Morgan fingerprint density at radius 1 is 1.74 bits per heavy atom. The summed E-state index contributed by atoms with van der Waals surface area (Å²) in [6.07, 6.45) is -0.618. The fraction of sp³-hybridized carbons (Fsp3) is 0.500. The predicted molar refractivity (Wildman–Crippen MR) is 64.2 cm³/mol. The smallest absolute Gasteiger partial charge is 0.280 e. The Bertz CT molecular complexity index is 717. The lowest BCUT2D eigenvalue weighted by molar-refractivity contribution is -0.0432. The quantitative estimate of drug-likeness (QED) is 0.523. The van der Waals surface area contributed by atoms with E-state index in [-0.39, 0.29) is 35.9 Å². The molecule has 2 aromatic rings. The average molecular weight is 269 g/mol. The lowest BCUT2D eigenvalue weighted by atomic mass is 10.2. The number of imidazole rings is 1. The Morgan fingerprint density at radius 2 is 2.58 bits per heavy atom. The first-order valence-corrected chi connectivity index (χ1v) is 5.70. The molecule has 3 rings (SSSR count). The molecule has 9 heteroatoms. The molecule has 5 N–H and O–H groups in total. The molecule has 9 nitrogen and oxygen atoms in total. The Morgan fingerprint density at radius 3 is 3.26 bits per heavy atom. The second-order valence-electron chi connectivity index (χ2n) is 4.33. The topological polar surface area (TPSA) is 139 Å². The number of aromatic amines is 1. The minimum atomic E-state index is -0.831. The molecule has 1 saturated heterocycles. The number of H-pyrrole nitrogens is 1. The molecule has 3 heterocycles. The number of hydrogen-bond donors (Lipinski definition) is 4. The van der Waals surface area contributed by atoms with Crippen LogP contribution in [0.2, 0.25) is 2.82 Å². The highest BCUT2D eigenvalue weighted by molar-refractivity contribution is 5.70. The number of nitrogen functional groups attached to an aromatic ring is 1. The monoisotopic (exact) mass is 269 g/mol. The molecule has 0 radical (unpaired) electrons. The molecular formula is C10H13N5O4. The number of hydrogen-bond acceptors (Lipinski definition) is 7. The van der Waals surface area contributed by atoms with Crippen molar-refractivity contribution in [3.63, 3.8) is 0 Å². The molecule has 1 aliphatic heterocycles. The van der Waals surface area contributed by atoms with Crippen molar-refractivity contribution in [1.29, 1.82) is 0 Å². The van der Waals surface area contributed by atoms with Gasteiger partial charge in [0.25, 0.3) is 5.56 Å². The fourth-order valence-electron chi connectivity index (χ4n) is 2.18. The van der Waals surface area contributed by atoms with Crippen LogP contribution in [-0.2, 0) is 4.74 Å². The summed E-state index contributed by atoms with van der Waals surface area (Å²) in [6, 6.07) is 0. The Hall–Kier alpha value is -1.97. The zero-order valence-corrected chi connectivity index (χ0v) is 9.72. The largest absolute Gasteiger partial charge is 0.394 e. The summed E-state index contributed by atoms with van der Waals surface area (Å²) in [5.41, 5.74) is -0.199. The van der Waals surface area contributed by atoms with E-state index in [0.29, 0.717) is 0 Å². The van der Waals surface area contributed by atoms with Gasteiger partial charge in [-0.15, -0.1) is 0 Å². The molecule has 0 amide bonds. The molecule has 1 fully saturated rings. The standard InChI is InChI=1S/C10H13N5O4/c11-10-13-8-7(9(18)14-10)12-3-15(8)6-1-4(17)5(2-16)19-6/h3-6,16-17H,1-2H2,(H3,11,13,14,18)/t4-,5+,6+/m0/s1/i/hD2. The average Bonchev–Trinajstić information content (AvgIpc) is 3.01. The van der Waals surface area contributed by atoms with Gasteiger partial charge in [-0.25, -0.2) is 4.98 Å². The summed E-state index contributed by atoms with van der Waals surface area (Å²) < 4.78 is 21.2. The van der Waals surface area contributed by atoms with Gasteiger partial charge in [-0.3, -0.25) is 14.3 Å². The van der Waals surface area contributed by atoms with E-state index < -0.39 is 24.0 Å². The number of aliphatic hydroxyl groups is 2. The van der Waals surface area contributed by atoms with Crippen molar-refractivity contribution in [2.75, 3.05) is 12.3 Å². The molecule has 0 spiro atoms. The van der Waals surface area contributed by atoms with Crippen molar-refractivity contribution in [2.24, 2.45) is 0 Å². The van der Waals surface area contributed by atoms with Crippen LogP contribution in [0.1, 0.15) is 12.6 Å². The minimum absolute atomic E-state index is 0.0474. The van der Waals surface area contributed by atoms with Crippen LogP contribution in [0.3, 0.4) is 0 Å². The van der Waals surface area contributed by atoms with Gasteiger partial charge in [-0.05, 0) is 0 Å². The number of aromatic nitrogens is 4. The number of rotatable bonds is 3. The maximum atomic E-state index is 11.8. The van der Waals surface area contributed by atoms with Crippen LogP contribution < -0.4 is 11.3 Å². The molecule has 3 atom stereocenters. The van der Waals surface area contributed by atoms with Gasteiger partial charge in [0.2, 0.25) is 5.95 Å². The van der Waals surface area contributed by atoms with Gasteiger partial charge in [0.15, 0.2) is 14.0 Å². The highest BCUT2D eigenvalue weighted by Crippen LogP contribution is 2.30. The summed E-state index contributed by atoms with van der Waals surface area (Å²) in [5.74, 6) is -0.258. The van der Waals surface area contributed by atoms with Gasteiger partial charge >= 0.3 is 0 Å². The van der Waals surface area contributed by atoms with Crippen molar-refractivity contribution in [2.45, 2.75) is 24.9 Å². The zero-order chi connectivity index (χ0) is 15.1. The molecule has 19 heavy (non-hydrogen) atoms. The van der Waals surface area contributed by atoms with Crippen molar-refractivity contribution in [3.8, 4) is 0 Å². The van der Waals surface area contributed by atoms with Gasteiger partial charge < -0.3 is 20.7 Å². The van der Waals surface area contributed by atoms with E-state index in [4.69, 9.17) is 12.7 Å². The molecule has 1 aliphatic rings. The van der Waals surface area contributed by atoms with Gasteiger partial charge in [0.1, 0.15) is 12.3 Å². The van der Waals surface area contributed by atoms with E-state index in [2.05, 4.69) is 15.0 Å². The SMILES string of the molecule is [2H]N([2H])c1nc2c(ncn2[C@H]2C[C@H](O)[C@@H](CO)O2)c(=O)[nH]1. The summed E-state index contributed by atoms with van der Waals surface area (Å²) in [5, 5.41) is 18.8. The highest BCUT2D eigenvalue weighted by atomic mass is 16.5. The van der Waals surface area contributed by atoms with E-state index in [0.717, 1.165) is 0 Å². The summed E-state index contributed by atoms with van der Waals surface area (Å²) in [6.45, 7) is -0.323. The summed E-state index contributed by atoms with van der Waals surface area (Å²) in [4.78, 5) is 22.0. The number of nitrogens with one attached hydrogen (secondary N) is 1. The third-order valence-corrected chi connectivity index (χ3v) is 3.11. The van der Waals surface area contributed by atoms with E-state index in [1.165, 1.54) is 10.9 Å². The van der Waals surface area contributed by atoms with E-state index in [1.54, 1.807) is 0 Å². The first-order valence-electron chi connectivity index (χ1n) is 6.60. The lowest BCUT2D eigenvalue weighted by Crippen LogP contribution is -2.24. The minimum Gasteiger partial charge on any atom is -0.394 e. The summed E-state index contributed by atoms with van der Waals surface area (Å²) in [7, 11) is 0. The fourth-order valence-corrected chi connectivity index (χ4v) is 2.18. The summed E-state index contributed by atoms with van der Waals surface area (Å²) >= 11 is 0. The highest BCUT2D eigenvalue weighted by Gasteiger charge is 2.35. The second-order valence-corrected chi connectivity index (χ2v) is 4.33. The van der Waals surface area contributed by atoms with Crippen molar-refractivity contribution < 1.29 is 17.8 Å². The van der Waals surface area contributed by atoms with Crippen molar-refractivity contribution >= 4 is 17.1 Å². The molecule has 0 saturated carbocycles. The van der Waals surface area contributed by atoms with Crippen LogP contribution in [-0.4, -0.2) is 48.5 Å². The number of nitrogens with two attached hydrogens (primary N) is 1. The van der Waals surface area contributed by atoms with E-state index >= 15 is 0 Å². The molecular weight excluding hydrogens is 254 g/mol. The van der Waals surface area contributed by atoms with Crippen LogP contribution in [0.25, 0.3) is 11.2 Å². The Balaban J connectivity index is 2.06. The van der Waals surface area contributed by atoms with Crippen molar-refractivity contribution in [1.82, 2.24) is 19.5 Å². The van der Waals surface area contributed by atoms with E-state index in [9.17, 15) is 9.90 Å². The lowest BCUT2D eigenvalue weighted by Gasteiger charge is -2.13. The number of fused-ring (bicyclic) bond motifs is 1. The molecule has 0 unspecified atom stereocenters. The predicted octanol–water partition coefficient (Wildman–Crippen LogP) is -1.66. The van der Waals surface area contributed by atoms with Crippen LogP contribution in [0.15, 0.2) is 11.1 Å². The first-order chi connectivity index (χ1) is 10.0. The Kier molecular flexibility index (Phi) is 2.24. The number of ether oxygens (including phenoxy) is 1. The van der Waals surface area contributed by atoms with Crippen LogP contribution in [0.4, 0.5) is 5.95 Å². The number of anilines is 1. The van der Waals surface area contributed by atoms with E-state index in [1.807, 2.05) is 0 Å². The van der Waals surface area contributed by atoms with Crippen LogP contribution in [0.5, 0.6) is 0 Å². The molecule has 102 valence electrons. The third kappa shape index (κ3) is 1.87. The maximum Gasteiger partial charge on any atom is 0.280 e. The Labute approximate surface area is 109 Å². The molecule has 2 aromatic heterocycles. The third-order valence-electron chi connectivity index (χ3n) is 3.11. The van der Waals surface area contributed by atoms with Crippen LogP contribution >= 0.6 is 0 Å². The maximum absolute atomic E-state index is 11.8.